The third-order valence-corrected chi connectivity index (χ3v) is 4.86. The van der Waals surface area contributed by atoms with E-state index in [9.17, 15) is 0 Å². The van der Waals surface area contributed by atoms with E-state index in [4.69, 9.17) is 16.3 Å². The average Bonchev–Trinajstić information content (AvgIpc) is 3.01. The molecule has 4 rings (SSSR count). The minimum Gasteiger partial charge on any atom is -0.369 e. The molecule has 1 saturated heterocycles. The Hall–Kier alpha value is -1.88. The average molecular weight is 342 g/mol. The molecule has 1 fully saturated rings. The first kappa shape index (κ1) is 15.6. The Kier molecular flexibility index (Phi) is 4.27. The van der Waals surface area contributed by atoms with Gasteiger partial charge in [0.2, 0.25) is 0 Å². The van der Waals surface area contributed by atoms with Crippen molar-refractivity contribution in [3.8, 4) is 0 Å². The van der Waals surface area contributed by atoms with E-state index in [0.717, 1.165) is 37.0 Å². The van der Waals surface area contributed by atoms with E-state index >= 15 is 0 Å². The van der Waals surface area contributed by atoms with Crippen LogP contribution in [0, 0.1) is 0 Å². The van der Waals surface area contributed by atoms with Gasteiger partial charge in [0.1, 0.15) is 6.10 Å². The molecule has 1 unspecified atom stereocenters. The van der Waals surface area contributed by atoms with E-state index in [1.54, 1.807) is 0 Å². The van der Waals surface area contributed by atoms with Crippen LogP contribution >= 0.6 is 11.6 Å². The maximum atomic E-state index is 6.32. The van der Waals surface area contributed by atoms with E-state index in [-0.39, 0.29) is 6.10 Å². The first-order valence-electron chi connectivity index (χ1n) is 8.20. The Labute approximate surface area is 146 Å². The van der Waals surface area contributed by atoms with Gasteiger partial charge in [0, 0.05) is 37.9 Å². The first-order chi connectivity index (χ1) is 11.7. The summed E-state index contributed by atoms with van der Waals surface area (Å²) in [5.74, 6) is 0. The lowest BCUT2D eigenvalue weighted by atomic mass is 10.0. The Morgan fingerprint density at radius 1 is 1.25 bits per heavy atom. The number of fused-ring (bicyclic) bond motifs is 1. The van der Waals surface area contributed by atoms with Crippen LogP contribution in [0.2, 0.25) is 5.02 Å². The first-order valence-corrected chi connectivity index (χ1v) is 8.57. The van der Waals surface area contributed by atoms with Gasteiger partial charge in [0.25, 0.3) is 0 Å². The molecule has 124 valence electrons. The summed E-state index contributed by atoms with van der Waals surface area (Å²) in [6, 6.07) is 14.6. The van der Waals surface area contributed by atoms with Crippen LogP contribution in [-0.4, -0.2) is 34.4 Å². The fourth-order valence-corrected chi connectivity index (χ4v) is 3.70. The van der Waals surface area contributed by atoms with E-state index < -0.39 is 0 Å². The molecular weight excluding hydrogens is 322 g/mol. The Bertz CT molecular complexity index is 861. The standard InChI is InChI=1S/C19H20ClN3O/c1-22-18(6-7-21-22)19-13-23(8-9-24-19)12-15-11-16(20)10-14-4-2-3-5-17(14)15/h2-7,10-11,19H,8-9,12-13H2,1H3. The predicted octanol–water partition coefficient (Wildman–Crippen LogP) is 3.80. The Morgan fingerprint density at radius 2 is 2.12 bits per heavy atom. The normalized spacial score (nSPS) is 19.0. The zero-order valence-electron chi connectivity index (χ0n) is 13.7. The molecule has 0 bridgehead atoms. The number of nitrogens with zero attached hydrogens (tertiary/aromatic N) is 3. The van der Waals surface area contributed by atoms with Gasteiger partial charge >= 0.3 is 0 Å². The Balaban J connectivity index is 1.58. The minimum absolute atomic E-state index is 0.0664. The van der Waals surface area contributed by atoms with Crippen LogP contribution < -0.4 is 0 Å². The summed E-state index contributed by atoms with van der Waals surface area (Å²) >= 11 is 6.32. The predicted molar refractivity (Wildman–Crippen MR) is 96.1 cm³/mol. The molecule has 2 aromatic carbocycles. The number of hydrogen-bond donors (Lipinski definition) is 0. The molecule has 0 spiro atoms. The highest BCUT2D eigenvalue weighted by Crippen LogP contribution is 2.27. The van der Waals surface area contributed by atoms with Crippen LogP contribution in [0.4, 0.5) is 0 Å². The van der Waals surface area contributed by atoms with Crippen molar-refractivity contribution in [2.75, 3.05) is 19.7 Å². The molecule has 0 aliphatic carbocycles. The zero-order chi connectivity index (χ0) is 16.5. The molecule has 0 saturated carbocycles. The SMILES string of the molecule is Cn1nccc1C1CN(Cc2cc(Cl)cc3ccccc23)CCO1. The number of aromatic nitrogens is 2. The maximum absolute atomic E-state index is 6.32. The van der Waals surface area contributed by atoms with Crippen LogP contribution in [0.1, 0.15) is 17.4 Å². The lowest BCUT2D eigenvalue weighted by Crippen LogP contribution is -2.38. The second-order valence-electron chi connectivity index (χ2n) is 6.26. The molecule has 5 heteroatoms. The largest absolute Gasteiger partial charge is 0.369 e. The summed E-state index contributed by atoms with van der Waals surface area (Å²) in [7, 11) is 1.96. The molecule has 0 amide bonds. The minimum atomic E-state index is 0.0664. The zero-order valence-corrected chi connectivity index (χ0v) is 14.4. The smallest absolute Gasteiger partial charge is 0.112 e. The lowest BCUT2D eigenvalue weighted by molar-refractivity contribution is -0.0365. The van der Waals surface area contributed by atoms with Gasteiger partial charge in [-0.3, -0.25) is 9.58 Å². The summed E-state index contributed by atoms with van der Waals surface area (Å²) in [6.45, 7) is 3.39. The van der Waals surface area contributed by atoms with Crippen molar-refractivity contribution in [1.82, 2.24) is 14.7 Å². The van der Waals surface area contributed by atoms with Crippen molar-refractivity contribution >= 4 is 22.4 Å². The van der Waals surface area contributed by atoms with Gasteiger partial charge in [-0.1, -0.05) is 35.9 Å². The van der Waals surface area contributed by atoms with E-state index in [1.807, 2.05) is 30.1 Å². The monoisotopic (exact) mass is 341 g/mol. The van der Waals surface area contributed by atoms with Crippen molar-refractivity contribution in [2.24, 2.45) is 7.05 Å². The molecule has 1 atom stereocenters. The van der Waals surface area contributed by atoms with Crippen LogP contribution in [0.3, 0.4) is 0 Å². The van der Waals surface area contributed by atoms with Crippen LogP contribution in [0.15, 0.2) is 48.7 Å². The molecule has 1 aliphatic rings. The Morgan fingerprint density at radius 3 is 2.96 bits per heavy atom. The lowest BCUT2D eigenvalue weighted by Gasteiger charge is -2.33. The van der Waals surface area contributed by atoms with Gasteiger partial charge in [0.15, 0.2) is 0 Å². The number of morpholine rings is 1. The fourth-order valence-electron chi connectivity index (χ4n) is 3.45. The van der Waals surface area contributed by atoms with Gasteiger partial charge in [0.05, 0.1) is 12.3 Å². The van der Waals surface area contributed by atoms with E-state index in [1.165, 1.54) is 16.3 Å². The van der Waals surface area contributed by atoms with Crippen molar-refractivity contribution in [1.29, 1.82) is 0 Å². The van der Waals surface area contributed by atoms with E-state index in [2.05, 4.69) is 40.3 Å². The molecule has 24 heavy (non-hydrogen) atoms. The number of ether oxygens (including phenoxy) is 1. The molecule has 4 nitrogen and oxygen atoms in total. The molecule has 2 heterocycles. The molecule has 0 radical (unpaired) electrons. The number of halogens is 1. The van der Waals surface area contributed by atoms with Crippen molar-refractivity contribution in [2.45, 2.75) is 12.6 Å². The highest BCUT2D eigenvalue weighted by Gasteiger charge is 2.24. The number of aryl methyl sites for hydroxylation is 1. The summed E-state index contributed by atoms with van der Waals surface area (Å²) in [5, 5.41) is 7.51. The van der Waals surface area contributed by atoms with Crippen LogP contribution in [0.25, 0.3) is 10.8 Å². The second kappa shape index (κ2) is 6.55. The van der Waals surface area contributed by atoms with Gasteiger partial charge in [-0.2, -0.15) is 5.10 Å². The van der Waals surface area contributed by atoms with Gasteiger partial charge < -0.3 is 4.74 Å². The third kappa shape index (κ3) is 3.05. The van der Waals surface area contributed by atoms with E-state index in [0.29, 0.717) is 0 Å². The molecule has 1 aliphatic heterocycles. The van der Waals surface area contributed by atoms with Crippen molar-refractivity contribution < 1.29 is 4.74 Å². The summed E-state index contributed by atoms with van der Waals surface area (Å²) in [4.78, 5) is 2.43. The second-order valence-corrected chi connectivity index (χ2v) is 6.70. The summed E-state index contributed by atoms with van der Waals surface area (Å²) in [6.07, 6.45) is 1.89. The summed E-state index contributed by atoms with van der Waals surface area (Å²) in [5.41, 5.74) is 2.39. The highest BCUT2D eigenvalue weighted by atomic mass is 35.5. The number of benzene rings is 2. The van der Waals surface area contributed by atoms with Gasteiger partial charge in [-0.25, -0.2) is 0 Å². The number of hydrogen-bond acceptors (Lipinski definition) is 3. The molecule has 1 aromatic heterocycles. The van der Waals surface area contributed by atoms with Gasteiger partial charge in [-0.15, -0.1) is 0 Å². The quantitative estimate of drug-likeness (QED) is 0.726. The van der Waals surface area contributed by atoms with Crippen LogP contribution in [-0.2, 0) is 18.3 Å². The molecule has 3 aromatic rings. The fraction of sp³-hybridized carbons (Fsp3) is 0.316. The van der Waals surface area contributed by atoms with Gasteiger partial charge in [-0.05, 0) is 34.5 Å². The highest BCUT2D eigenvalue weighted by molar-refractivity contribution is 6.31. The number of rotatable bonds is 3. The van der Waals surface area contributed by atoms with Crippen molar-refractivity contribution in [3.63, 3.8) is 0 Å². The molecular formula is C19H20ClN3O. The maximum Gasteiger partial charge on any atom is 0.112 e. The van der Waals surface area contributed by atoms with Crippen LogP contribution in [0.5, 0.6) is 0 Å². The third-order valence-electron chi connectivity index (χ3n) is 4.65. The molecule has 0 N–H and O–H groups in total. The van der Waals surface area contributed by atoms with Crippen molar-refractivity contribution in [3.05, 3.63) is 64.9 Å². The summed E-state index contributed by atoms with van der Waals surface area (Å²) < 4.78 is 7.85. The topological polar surface area (TPSA) is 30.3 Å².